The number of Topliss-reactive ketones (excluding diaryl/α,β-unsaturated/α-hetero) is 1. The number of nitrogens with zero attached hydrogens (tertiary/aromatic N) is 3. The number of amides is 1. The van der Waals surface area contributed by atoms with E-state index in [1.165, 1.54) is 6.42 Å². The van der Waals surface area contributed by atoms with Gasteiger partial charge in [0.15, 0.2) is 23.0 Å². The zero-order valence-electron chi connectivity index (χ0n) is 20.0. The van der Waals surface area contributed by atoms with E-state index in [-0.39, 0.29) is 29.9 Å². The number of carbonyl (C=O) groups is 2. The first-order valence-electron chi connectivity index (χ1n) is 12.6. The molecular weight excluding hydrogens is 444 g/mol. The lowest BCUT2D eigenvalue weighted by Crippen LogP contribution is -2.37. The molecule has 1 amide bonds. The van der Waals surface area contributed by atoms with Crippen molar-refractivity contribution in [2.75, 3.05) is 13.7 Å². The summed E-state index contributed by atoms with van der Waals surface area (Å²) in [6, 6.07) is 9.93. The lowest BCUT2D eigenvalue weighted by atomic mass is 9.96. The molecule has 0 spiro atoms. The highest BCUT2D eigenvalue weighted by Gasteiger charge is 2.49. The lowest BCUT2D eigenvalue weighted by molar-refractivity contribution is 0.0994. The van der Waals surface area contributed by atoms with Crippen LogP contribution in [-0.2, 0) is 16.6 Å². The Hall–Kier alpha value is -3.42. The lowest BCUT2D eigenvalue weighted by Gasteiger charge is -2.22. The number of hydrogen-bond donors (Lipinski definition) is 1. The highest BCUT2D eigenvalue weighted by atomic mass is 16.5. The van der Waals surface area contributed by atoms with Gasteiger partial charge in [0.2, 0.25) is 0 Å². The van der Waals surface area contributed by atoms with E-state index in [0.717, 1.165) is 67.3 Å². The van der Waals surface area contributed by atoms with Crippen LogP contribution in [0.2, 0.25) is 0 Å². The van der Waals surface area contributed by atoms with E-state index in [1.54, 1.807) is 7.11 Å². The predicted molar refractivity (Wildman–Crippen MR) is 130 cm³/mol. The summed E-state index contributed by atoms with van der Waals surface area (Å²) >= 11 is 0. The van der Waals surface area contributed by atoms with Gasteiger partial charge in [-0.25, -0.2) is 14.3 Å². The summed E-state index contributed by atoms with van der Waals surface area (Å²) in [5, 5.41) is 7.92. The fraction of sp³-hybridized carbons (Fsp3) is 0.481. The average Bonchev–Trinajstić information content (AvgIpc) is 3.38. The third kappa shape index (κ3) is 3.94. The minimum absolute atomic E-state index is 0.187. The Bertz CT molecular complexity index is 1300. The zero-order valence-corrected chi connectivity index (χ0v) is 20.0. The van der Waals surface area contributed by atoms with E-state index in [0.29, 0.717) is 23.6 Å². The second kappa shape index (κ2) is 8.66. The molecule has 2 heterocycles. The van der Waals surface area contributed by atoms with Crippen LogP contribution in [0.1, 0.15) is 73.1 Å². The van der Waals surface area contributed by atoms with Crippen LogP contribution in [0.3, 0.4) is 0 Å². The summed E-state index contributed by atoms with van der Waals surface area (Å²) in [6.45, 7) is 0.259. The summed E-state index contributed by atoms with van der Waals surface area (Å²) in [4.78, 5) is 29.6. The van der Waals surface area contributed by atoms with Crippen molar-refractivity contribution in [1.82, 2.24) is 19.9 Å². The van der Waals surface area contributed by atoms with Crippen LogP contribution in [0.5, 0.6) is 5.75 Å². The van der Waals surface area contributed by atoms with E-state index < -0.39 is 0 Å². The molecule has 1 aromatic carbocycles. The van der Waals surface area contributed by atoms with Crippen molar-refractivity contribution < 1.29 is 19.1 Å². The number of pyridine rings is 1. The van der Waals surface area contributed by atoms with Crippen molar-refractivity contribution in [3.8, 4) is 17.0 Å². The number of aromatic nitrogens is 3. The maximum Gasteiger partial charge on any atom is 0.407 e. The van der Waals surface area contributed by atoms with Crippen LogP contribution in [0.15, 0.2) is 30.3 Å². The van der Waals surface area contributed by atoms with Crippen molar-refractivity contribution in [1.29, 1.82) is 0 Å². The number of fused-ring (bicyclic) bond motifs is 2. The molecule has 0 unspecified atom stereocenters. The third-order valence-electron chi connectivity index (χ3n) is 7.76. The summed E-state index contributed by atoms with van der Waals surface area (Å²) in [5.41, 5.74) is 3.98. The summed E-state index contributed by atoms with van der Waals surface area (Å²) in [5.74, 6) is 1.48. The SMILES string of the molecule is COc1ccc(-c2cccc3c2CCC3=O)n2nc(C3(COC(=O)NC4CCCCC4)CC3)nc12. The number of carbonyl (C=O) groups excluding carboxylic acids is 2. The predicted octanol–water partition coefficient (Wildman–Crippen LogP) is 4.62. The van der Waals surface area contributed by atoms with Gasteiger partial charge in [-0.2, -0.15) is 0 Å². The first-order valence-corrected chi connectivity index (χ1v) is 12.6. The van der Waals surface area contributed by atoms with Crippen LogP contribution in [0.25, 0.3) is 16.9 Å². The van der Waals surface area contributed by atoms with Crippen LogP contribution >= 0.6 is 0 Å². The van der Waals surface area contributed by atoms with Gasteiger partial charge in [0, 0.05) is 23.6 Å². The monoisotopic (exact) mass is 474 g/mol. The normalized spacial score (nSPS) is 18.9. The Morgan fingerprint density at radius 2 is 1.91 bits per heavy atom. The molecule has 2 aromatic heterocycles. The van der Waals surface area contributed by atoms with Gasteiger partial charge in [0.1, 0.15) is 6.61 Å². The highest BCUT2D eigenvalue weighted by molar-refractivity contribution is 6.02. The van der Waals surface area contributed by atoms with Gasteiger partial charge in [-0.15, -0.1) is 5.10 Å². The van der Waals surface area contributed by atoms with E-state index in [2.05, 4.69) is 5.32 Å². The first-order chi connectivity index (χ1) is 17.1. The fourth-order valence-corrected chi connectivity index (χ4v) is 5.50. The molecule has 1 N–H and O–H groups in total. The number of nitrogens with one attached hydrogen (secondary N) is 1. The van der Waals surface area contributed by atoms with Gasteiger partial charge in [-0.3, -0.25) is 4.79 Å². The Morgan fingerprint density at radius 3 is 2.69 bits per heavy atom. The van der Waals surface area contributed by atoms with Crippen molar-refractivity contribution in [2.45, 2.75) is 69.2 Å². The second-order valence-corrected chi connectivity index (χ2v) is 10.0. The molecule has 0 radical (unpaired) electrons. The fourth-order valence-electron chi connectivity index (χ4n) is 5.50. The second-order valence-electron chi connectivity index (χ2n) is 10.0. The molecule has 6 rings (SSSR count). The van der Waals surface area contributed by atoms with Gasteiger partial charge in [0.05, 0.1) is 18.2 Å². The Kier molecular flexibility index (Phi) is 5.46. The number of ketones is 1. The van der Waals surface area contributed by atoms with Crippen LogP contribution in [-0.4, -0.2) is 46.2 Å². The summed E-state index contributed by atoms with van der Waals surface area (Å²) < 4.78 is 13.1. The van der Waals surface area contributed by atoms with Crippen molar-refractivity contribution in [3.63, 3.8) is 0 Å². The van der Waals surface area contributed by atoms with Crippen LogP contribution in [0.4, 0.5) is 4.79 Å². The quantitative estimate of drug-likeness (QED) is 0.560. The van der Waals surface area contributed by atoms with E-state index >= 15 is 0 Å². The molecule has 182 valence electrons. The number of benzene rings is 1. The number of methoxy groups -OCH3 is 1. The van der Waals surface area contributed by atoms with E-state index in [4.69, 9.17) is 19.6 Å². The summed E-state index contributed by atoms with van der Waals surface area (Å²) in [7, 11) is 1.62. The average molecular weight is 475 g/mol. The van der Waals surface area contributed by atoms with Gasteiger partial charge in [0.25, 0.3) is 0 Å². The standard InChI is InChI=1S/C27H30N4O4/c1-34-23-13-11-21(19-8-5-9-20-18(19)10-12-22(20)32)31-24(23)29-25(30-31)27(14-15-27)16-35-26(33)28-17-6-3-2-4-7-17/h5,8-9,11,13,17H,2-4,6-7,10,12,14-16H2,1H3,(H,28,33). The van der Waals surface area contributed by atoms with Gasteiger partial charge in [-0.05, 0) is 49.8 Å². The molecule has 0 saturated heterocycles. The molecule has 35 heavy (non-hydrogen) atoms. The number of alkyl carbamates (subject to hydrolysis) is 1. The van der Waals surface area contributed by atoms with Crippen molar-refractivity contribution >= 4 is 17.5 Å². The smallest absolute Gasteiger partial charge is 0.407 e. The largest absolute Gasteiger partial charge is 0.493 e. The molecule has 3 aromatic rings. The number of hydrogen-bond acceptors (Lipinski definition) is 6. The van der Waals surface area contributed by atoms with Gasteiger partial charge in [-0.1, -0.05) is 37.5 Å². The number of rotatable bonds is 6. The molecular formula is C27H30N4O4. The van der Waals surface area contributed by atoms with E-state index in [1.807, 2.05) is 34.8 Å². The molecule has 3 aliphatic carbocycles. The van der Waals surface area contributed by atoms with Gasteiger partial charge >= 0.3 is 6.09 Å². The Morgan fingerprint density at radius 1 is 1.11 bits per heavy atom. The Balaban J connectivity index is 1.29. The van der Waals surface area contributed by atoms with Gasteiger partial charge < -0.3 is 14.8 Å². The third-order valence-corrected chi connectivity index (χ3v) is 7.76. The molecule has 8 nitrogen and oxygen atoms in total. The van der Waals surface area contributed by atoms with Crippen LogP contribution < -0.4 is 10.1 Å². The number of ether oxygens (including phenoxy) is 2. The summed E-state index contributed by atoms with van der Waals surface area (Å²) in [6.07, 6.45) is 8.24. The maximum atomic E-state index is 12.4. The molecule has 0 bridgehead atoms. The van der Waals surface area contributed by atoms with E-state index in [9.17, 15) is 9.59 Å². The minimum Gasteiger partial charge on any atom is -0.493 e. The highest BCUT2D eigenvalue weighted by Crippen LogP contribution is 2.47. The molecule has 0 atom stereocenters. The zero-order chi connectivity index (χ0) is 24.0. The van der Waals surface area contributed by atoms with Crippen molar-refractivity contribution in [2.24, 2.45) is 0 Å². The molecule has 8 heteroatoms. The van der Waals surface area contributed by atoms with Crippen molar-refractivity contribution in [3.05, 3.63) is 47.3 Å². The molecule has 3 aliphatic rings. The topological polar surface area (TPSA) is 94.8 Å². The maximum absolute atomic E-state index is 12.4. The molecule has 2 saturated carbocycles. The first kappa shape index (κ1) is 22.1. The molecule has 0 aliphatic heterocycles. The minimum atomic E-state index is -0.368. The van der Waals surface area contributed by atoms with Crippen LogP contribution in [0, 0.1) is 0 Å². The molecule has 2 fully saturated rings. The Labute approximate surface area is 204 Å².